The highest BCUT2D eigenvalue weighted by Crippen LogP contribution is 2.69. The molecule has 0 N–H and O–H groups in total. The number of nitrogens with zero attached hydrogens (tertiary/aromatic N) is 1. The Labute approximate surface area is 256 Å². The molecule has 0 fully saturated rings. The van der Waals surface area contributed by atoms with Gasteiger partial charge in [-0.15, -0.1) is 0 Å². The van der Waals surface area contributed by atoms with Crippen molar-refractivity contribution in [2.75, 3.05) is 27.2 Å². The number of rotatable bonds is 16. The minimum atomic E-state index is -9.91. The summed E-state index contributed by atoms with van der Waals surface area (Å²) in [5.74, 6) is -120. The summed E-state index contributed by atoms with van der Waals surface area (Å²) in [7, 11) is 1.63. The molecule has 0 atom stereocenters. The first kappa shape index (κ1) is 47.9. The molecule has 0 aromatic carbocycles. The molecule has 302 valence electrons. The molecule has 0 aliphatic rings. The first-order valence-electron chi connectivity index (χ1n) is 11.8. The third-order valence-electron chi connectivity index (χ3n) is 7.04. The zero-order valence-electron chi connectivity index (χ0n) is 23.5. The van der Waals surface area contributed by atoms with Gasteiger partial charge in [0, 0.05) is 0 Å². The molecule has 0 rings (SSSR count). The van der Waals surface area contributed by atoms with Crippen molar-refractivity contribution in [3.63, 3.8) is 0 Å². The summed E-state index contributed by atoms with van der Waals surface area (Å²) < 4.78 is 392. The molecule has 0 saturated heterocycles. The average molecular weight is 820 g/mol. The van der Waals surface area contributed by atoms with Crippen molar-refractivity contribution in [2.24, 2.45) is 0 Å². The van der Waals surface area contributed by atoms with Crippen LogP contribution >= 0.6 is 0 Å². The van der Waals surface area contributed by atoms with Crippen molar-refractivity contribution in [3.8, 4) is 0 Å². The summed E-state index contributed by atoms with van der Waals surface area (Å²) in [5, 5.41) is 0. The molecule has 0 aliphatic carbocycles. The Morgan fingerprint density at radius 1 is 0.300 bits per heavy atom. The second kappa shape index (κ2) is 12.0. The van der Waals surface area contributed by atoms with E-state index in [-0.39, 0.29) is 0 Å². The van der Waals surface area contributed by atoms with Gasteiger partial charge in [-0.3, -0.25) is 0 Å². The second-order valence-corrected chi connectivity index (χ2v) is 10.8. The molecule has 0 spiro atoms. The Morgan fingerprint density at radius 2 is 0.480 bits per heavy atom. The summed E-state index contributed by atoms with van der Waals surface area (Å²) in [6, 6.07) is 0. The largest absolute Gasteiger partial charge is 0.460 e. The standard InChI is InChI=1S/C20H15F29N/c1-4-50(2,3)6-5-7(21,22)8(23,24)9(25,26)10(27,28)11(29,30)12(31,32)13(33,34)14(35,36)15(37,38)16(39,40)17(41,42)18(43,44)19(45,46)20(47,48)49/h4-6H2,1-3H3/q+1. The molecule has 0 unspecified atom stereocenters. The van der Waals surface area contributed by atoms with Gasteiger partial charge in [0.1, 0.15) is 0 Å². The van der Waals surface area contributed by atoms with E-state index in [2.05, 4.69) is 0 Å². The van der Waals surface area contributed by atoms with Gasteiger partial charge in [0.15, 0.2) is 0 Å². The molecule has 0 heterocycles. The summed E-state index contributed by atoms with van der Waals surface area (Å²) in [4.78, 5) is 0. The van der Waals surface area contributed by atoms with Crippen LogP contribution in [0.5, 0.6) is 0 Å². The van der Waals surface area contributed by atoms with Crippen molar-refractivity contribution in [2.45, 2.75) is 96.5 Å². The van der Waals surface area contributed by atoms with Crippen LogP contribution in [0.15, 0.2) is 0 Å². The summed E-state index contributed by atoms with van der Waals surface area (Å²) in [6.45, 7) is -0.874. The van der Waals surface area contributed by atoms with E-state index >= 15 is 0 Å². The summed E-state index contributed by atoms with van der Waals surface area (Å²) in [5.41, 5.74) is 0. The first-order valence-corrected chi connectivity index (χ1v) is 11.8. The number of hydrogen-bond acceptors (Lipinski definition) is 0. The minimum Gasteiger partial charge on any atom is -0.329 e. The van der Waals surface area contributed by atoms with Crippen LogP contribution in [0.1, 0.15) is 13.3 Å². The predicted octanol–water partition coefficient (Wildman–Crippen LogP) is 10.3. The van der Waals surface area contributed by atoms with Crippen molar-refractivity contribution in [1.82, 2.24) is 0 Å². The van der Waals surface area contributed by atoms with Gasteiger partial charge in [-0.25, -0.2) is 0 Å². The SMILES string of the molecule is CC[N+](C)(C)CCC(F)(F)C(F)(F)C(F)(F)C(F)(F)C(F)(F)C(F)(F)C(F)(F)C(F)(F)C(F)(F)C(F)(F)C(F)(F)C(F)(F)C(F)(F)C(F)(F)F. The van der Waals surface area contributed by atoms with Crippen LogP contribution in [0.3, 0.4) is 0 Å². The Bertz CT molecular complexity index is 1210. The molecule has 30 heteroatoms. The molecule has 0 saturated carbocycles. The first-order chi connectivity index (χ1) is 21.0. The van der Waals surface area contributed by atoms with E-state index in [1.54, 1.807) is 0 Å². The van der Waals surface area contributed by atoms with Gasteiger partial charge >= 0.3 is 83.2 Å². The van der Waals surface area contributed by atoms with Crippen molar-refractivity contribution < 1.29 is 132 Å². The normalized spacial score (nSPS) is 17.0. The smallest absolute Gasteiger partial charge is 0.329 e. The van der Waals surface area contributed by atoms with Crippen molar-refractivity contribution in [3.05, 3.63) is 0 Å². The molecule has 1 nitrogen and oxygen atoms in total. The topological polar surface area (TPSA) is 0 Å². The molecule has 50 heavy (non-hydrogen) atoms. The number of hydrogen-bond donors (Lipinski definition) is 0. The van der Waals surface area contributed by atoms with Gasteiger partial charge in [0.05, 0.1) is 33.6 Å². The molecule has 0 aromatic rings. The Hall–Kier alpha value is -2.07. The fourth-order valence-corrected chi connectivity index (χ4v) is 3.14. The molecule has 0 aromatic heterocycles. The maximum Gasteiger partial charge on any atom is 0.460 e. The molecular weight excluding hydrogens is 805 g/mol. The van der Waals surface area contributed by atoms with Crippen molar-refractivity contribution >= 4 is 0 Å². The fourth-order valence-electron chi connectivity index (χ4n) is 3.14. The van der Waals surface area contributed by atoms with Crippen LogP contribution in [0.25, 0.3) is 0 Å². The van der Waals surface area contributed by atoms with Gasteiger partial charge in [0.25, 0.3) is 0 Å². The van der Waals surface area contributed by atoms with Crippen LogP contribution in [0.2, 0.25) is 0 Å². The van der Waals surface area contributed by atoms with Crippen LogP contribution in [0.4, 0.5) is 127 Å². The summed E-state index contributed by atoms with van der Waals surface area (Å²) in [6.07, 6.45) is -11.1. The monoisotopic (exact) mass is 820 g/mol. The highest BCUT2D eigenvalue weighted by Gasteiger charge is 3.00. The molecule has 0 aliphatic heterocycles. The van der Waals surface area contributed by atoms with E-state index in [0.717, 1.165) is 21.0 Å². The van der Waals surface area contributed by atoms with Gasteiger partial charge in [-0.1, -0.05) is 0 Å². The Kier molecular flexibility index (Phi) is 11.5. The van der Waals surface area contributed by atoms with Crippen LogP contribution < -0.4 is 0 Å². The van der Waals surface area contributed by atoms with Gasteiger partial charge in [0.2, 0.25) is 0 Å². The Balaban J connectivity index is 7.46. The van der Waals surface area contributed by atoms with Crippen LogP contribution in [-0.2, 0) is 0 Å². The van der Waals surface area contributed by atoms with E-state index in [0.29, 0.717) is 0 Å². The predicted molar refractivity (Wildman–Crippen MR) is 102 cm³/mol. The van der Waals surface area contributed by atoms with E-state index in [1.165, 1.54) is 0 Å². The third kappa shape index (κ3) is 5.94. The van der Waals surface area contributed by atoms with Crippen molar-refractivity contribution in [1.29, 1.82) is 0 Å². The number of halogens is 29. The number of alkyl halides is 29. The highest BCUT2D eigenvalue weighted by molar-refractivity contribution is 5.21. The zero-order chi connectivity index (χ0) is 41.6. The van der Waals surface area contributed by atoms with E-state index < -0.39 is 107 Å². The maximum absolute atomic E-state index is 14.0. The summed E-state index contributed by atoms with van der Waals surface area (Å²) >= 11 is 0. The lowest BCUT2D eigenvalue weighted by Gasteiger charge is -2.46. The molecular formula is C20H15F29N+. The lowest BCUT2D eigenvalue weighted by Crippen LogP contribution is -2.79. The van der Waals surface area contributed by atoms with E-state index in [4.69, 9.17) is 0 Å². The molecule has 0 bridgehead atoms. The lowest BCUT2D eigenvalue weighted by molar-refractivity contribution is -0.889. The highest BCUT2D eigenvalue weighted by atomic mass is 19.4. The van der Waals surface area contributed by atoms with Gasteiger partial charge < -0.3 is 4.48 Å². The van der Waals surface area contributed by atoms with E-state index in [1.807, 2.05) is 0 Å². The maximum atomic E-state index is 14.0. The average Bonchev–Trinajstić information content (AvgIpc) is 2.89. The van der Waals surface area contributed by atoms with Crippen LogP contribution in [-0.4, -0.2) is 115 Å². The minimum absolute atomic E-state index is 0.403. The number of quaternary nitrogens is 1. The van der Waals surface area contributed by atoms with Gasteiger partial charge in [-0.05, 0) is 6.92 Å². The second-order valence-electron chi connectivity index (χ2n) is 10.8. The third-order valence-corrected chi connectivity index (χ3v) is 7.04. The molecule has 0 amide bonds. The zero-order valence-corrected chi connectivity index (χ0v) is 23.5. The Morgan fingerprint density at radius 3 is 0.660 bits per heavy atom. The van der Waals surface area contributed by atoms with Crippen LogP contribution in [0, 0.1) is 0 Å². The quantitative estimate of drug-likeness (QED) is 0.108. The van der Waals surface area contributed by atoms with E-state index in [9.17, 15) is 127 Å². The molecule has 0 radical (unpaired) electrons. The van der Waals surface area contributed by atoms with Gasteiger partial charge in [-0.2, -0.15) is 127 Å². The fraction of sp³-hybridized carbons (Fsp3) is 1.00. The lowest BCUT2D eigenvalue weighted by atomic mass is 9.83.